The van der Waals surface area contributed by atoms with Gasteiger partial charge in [0.05, 0.1) is 21.3 Å². The van der Waals surface area contributed by atoms with Crippen molar-refractivity contribution in [2.75, 3.05) is 27.9 Å². The molecule has 0 aromatic heterocycles. The van der Waals surface area contributed by atoms with E-state index in [0.29, 0.717) is 30.3 Å². The van der Waals surface area contributed by atoms with E-state index in [2.05, 4.69) is 10.9 Å². The third-order valence-electron chi connectivity index (χ3n) is 3.26. The Labute approximate surface area is 141 Å². The lowest BCUT2D eigenvalue weighted by Crippen LogP contribution is -2.47. The number of methoxy groups -OCH3 is 3. The highest BCUT2D eigenvalue weighted by Crippen LogP contribution is 2.38. The van der Waals surface area contributed by atoms with Crippen molar-refractivity contribution >= 4 is 11.8 Å². The number of carbonyl (C=O) groups excluding carboxylic acids is 2. The van der Waals surface area contributed by atoms with Crippen LogP contribution in [0.1, 0.15) is 30.6 Å². The van der Waals surface area contributed by atoms with Crippen LogP contribution in [0.3, 0.4) is 0 Å². The molecule has 8 nitrogen and oxygen atoms in total. The van der Waals surface area contributed by atoms with Crippen molar-refractivity contribution in [3.8, 4) is 17.2 Å². The molecule has 0 fully saturated rings. The van der Waals surface area contributed by atoms with Crippen LogP contribution in [-0.2, 0) is 9.53 Å². The van der Waals surface area contributed by atoms with Gasteiger partial charge in [-0.3, -0.25) is 20.4 Å². The minimum absolute atomic E-state index is 0.245. The number of benzene rings is 1. The van der Waals surface area contributed by atoms with E-state index in [1.165, 1.54) is 33.5 Å². The molecule has 1 atom stereocenters. The molecule has 0 heterocycles. The molecule has 2 N–H and O–H groups in total. The van der Waals surface area contributed by atoms with Gasteiger partial charge in [0.25, 0.3) is 11.8 Å². The van der Waals surface area contributed by atoms with E-state index >= 15 is 0 Å². The fourth-order valence-electron chi connectivity index (χ4n) is 2.06. The molecule has 1 unspecified atom stereocenters. The largest absolute Gasteiger partial charge is 0.493 e. The van der Waals surface area contributed by atoms with Gasteiger partial charge in [0.15, 0.2) is 11.5 Å². The lowest BCUT2D eigenvalue weighted by atomic mass is 10.1. The maximum Gasteiger partial charge on any atom is 0.269 e. The zero-order valence-electron chi connectivity index (χ0n) is 14.6. The Balaban J connectivity index is 2.86. The zero-order valence-corrected chi connectivity index (χ0v) is 14.6. The smallest absolute Gasteiger partial charge is 0.269 e. The number of nitrogens with one attached hydrogen (secondary N) is 2. The number of hydrogen-bond acceptors (Lipinski definition) is 6. The summed E-state index contributed by atoms with van der Waals surface area (Å²) in [6.07, 6.45) is -0.116. The molecule has 0 aliphatic heterocycles. The molecule has 0 aliphatic rings. The van der Waals surface area contributed by atoms with Gasteiger partial charge in [-0.25, -0.2) is 0 Å². The van der Waals surface area contributed by atoms with E-state index in [4.69, 9.17) is 18.9 Å². The van der Waals surface area contributed by atoms with Gasteiger partial charge in [-0.1, -0.05) is 6.92 Å². The molecule has 8 heteroatoms. The maximum atomic E-state index is 12.2. The molecule has 1 aromatic rings. The van der Waals surface area contributed by atoms with Crippen LogP contribution in [-0.4, -0.2) is 45.9 Å². The first-order valence-electron chi connectivity index (χ1n) is 7.54. The number of hydrazine groups is 1. The molecule has 1 aromatic carbocycles. The van der Waals surface area contributed by atoms with Crippen molar-refractivity contribution < 1.29 is 28.5 Å². The second kappa shape index (κ2) is 9.61. The van der Waals surface area contributed by atoms with Gasteiger partial charge < -0.3 is 18.9 Å². The second-order valence-corrected chi connectivity index (χ2v) is 4.71. The van der Waals surface area contributed by atoms with E-state index in [1.807, 2.05) is 6.92 Å². The molecule has 24 heavy (non-hydrogen) atoms. The summed E-state index contributed by atoms with van der Waals surface area (Å²) in [6, 6.07) is 2.98. The van der Waals surface area contributed by atoms with Crippen molar-refractivity contribution in [1.29, 1.82) is 0 Å². The topological polar surface area (TPSA) is 95.1 Å². The first-order chi connectivity index (χ1) is 11.5. The number of ether oxygens (including phenoxy) is 4. The van der Waals surface area contributed by atoms with E-state index in [0.717, 1.165) is 0 Å². The van der Waals surface area contributed by atoms with Crippen molar-refractivity contribution in [3.63, 3.8) is 0 Å². The first-order valence-corrected chi connectivity index (χ1v) is 7.54. The molecule has 0 bridgehead atoms. The highest BCUT2D eigenvalue weighted by molar-refractivity contribution is 5.97. The fraction of sp³-hybridized carbons (Fsp3) is 0.500. The molecule has 0 spiro atoms. The number of rotatable bonds is 8. The van der Waals surface area contributed by atoms with Crippen LogP contribution in [0.2, 0.25) is 0 Å². The summed E-state index contributed by atoms with van der Waals surface area (Å²) in [5, 5.41) is 0. The third kappa shape index (κ3) is 4.76. The minimum atomic E-state index is -0.616. The van der Waals surface area contributed by atoms with Crippen molar-refractivity contribution in [1.82, 2.24) is 10.9 Å². The number of amides is 2. The first kappa shape index (κ1) is 19.6. The van der Waals surface area contributed by atoms with Gasteiger partial charge in [0.2, 0.25) is 5.75 Å². The average molecular weight is 340 g/mol. The van der Waals surface area contributed by atoms with Crippen LogP contribution in [0.25, 0.3) is 0 Å². The van der Waals surface area contributed by atoms with Crippen LogP contribution in [0.15, 0.2) is 12.1 Å². The quantitative estimate of drug-likeness (QED) is 0.693. The van der Waals surface area contributed by atoms with Crippen LogP contribution < -0.4 is 25.1 Å². The van der Waals surface area contributed by atoms with Crippen LogP contribution in [0.5, 0.6) is 17.2 Å². The summed E-state index contributed by atoms with van der Waals surface area (Å²) in [5.41, 5.74) is 4.93. The molecule has 0 radical (unpaired) electrons. The van der Waals surface area contributed by atoms with Crippen LogP contribution >= 0.6 is 0 Å². The maximum absolute atomic E-state index is 12.2. The number of carbonyl (C=O) groups is 2. The Morgan fingerprint density at radius 2 is 1.58 bits per heavy atom. The molecule has 0 saturated heterocycles. The summed E-state index contributed by atoms with van der Waals surface area (Å²) in [7, 11) is 4.38. The SMILES string of the molecule is CCOC(CC)C(=O)NNC(=O)c1cc(OC)c(OC)c(OC)c1. The lowest BCUT2D eigenvalue weighted by Gasteiger charge is -2.16. The van der Waals surface area contributed by atoms with E-state index in [-0.39, 0.29) is 5.56 Å². The van der Waals surface area contributed by atoms with Gasteiger partial charge in [0.1, 0.15) is 6.10 Å². The van der Waals surface area contributed by atoms with E-state index < -0.39 is 17.9 Å². The summed E-state index contributed by atoms with van der Waals surface area (Å²) < 4.78 is 20.9. The molecular weight excluding hydrogens is 316 g/mol. The summed E-state index contributed by atoms with van der Waals surface area (Å²) in [5.74, 6) is 0.125. The Hall–Kier alpha value is -2.48. The Bertz CT molecular complexity index is 551. The van der Waals surface area contributed by atoms with E-state index in [1.54, 1.807) is 6.92 Å². The normalized spacial score (nSPS) is 11.4. The molecule has 2 amide bonds. The van der Waals surface area contributed by atoms with E-state index in [9.17, 15) is 9.59 Å². The van der Waals surface area contributed by atoms with Gasteiger partial charge in [-0.15, -0.1) is 0 Å². The average Bonchev–Trinajstić information content (AvgIpc) is 2.62. The number of hydrogen-bond donors (Lipinski definition) is 2. The highest BCUT2D eigenvalue weighted by Gasteiger charge is 2.19. The molecular formula is C16H24N2O6. The Kier molecular flexibility index (Phi) is 7.84. The predicted molar refractivity (Wildman–Crippen MR) is 87.4 cm³/mol. The minimum Gasteiger partial charge on any atom is -0.493 e. The molecule has 0 aliphatic carbocycles. The second-order valence-electron chi connectivity index (χ2n) is 4.71. The van der Waals surface area contributed by atoms with Gasteiger partial charge in [-0.05, 0) is 25.5 Å². The summed E-state index contributed by atoms with van der Waals surface area (Å²) in [4.78, 5) is 24.2. The Morgan fingerprint density at radius 1 is 1.00 bits per heavy atom. The predicted octanol–water partition coefficient (Wildman–Crippen LogP) is 1.29. The molecule has 1 rings (SSSR count). The van der Waals surface area contributed by atoms with Gasteiger partial charge in [-0.2, -0.15) is 0 Å². The zero-order chi connectivity index (χ0) is 18.1. The van der Waals surface area contributed by atoms with Crippen LogP contribution in [0, 0.1) is 0 Å². The van der Waals surface area contributed by atoms with Gasteiger partial charge in [0, 0.05) is 12.2 Å². The van der Waals surface area contributed by atoms with Crippen molar-refractivity contribution in [2.45, 2.75) is 26.4 Å². The third-order valence-corrected chi connectivity index (χ3v) is 3.26. The van der Waals surface area contributed by atoms with Crippen molar-refractivity contribution in [2.24, 2.45) is 0 Å². The van der Waals surface area contributed by atoms with Crippen molar-refractivity contribution in [3.05, 3.63) is 17.7 Å². The van der Waals surface area contributed by atoms with Crippen LogP contribution in [0.4, 0.5) is 0 Å². The summed E-state index contributed by atoms with van der Waals surface area (Å²) >= 11 is 0. The Morgan fingerprint density at radius 3 is 2.00 bits per heavy atom. The van der Waals surface area contributed by atoms with Gasteiger partial charge >= 0.3 is 0 Å². The summed E-state index contributed by atoms with van der Waals surface area (Å²) in [6.45, 7) is 4.03. The monoisotopic (exact) mass is 340 g/mol. The fourth-order valence-corrected chi connectivity index (χ4v) is 2.06. The molecule has 0 saturated carbocycles. The lowest BCUT2D eigenvalue weighted by molar-refractivity contribution is -0.133. The highest BCUT2D eigenvalue weighted by atomic mass is 16.5. The standard InChI is InChI=1S/C16H24N2O6/c1-6-11(24-7-2)16(20)18-17-15(19)10-8-12(21-3)14(23-5)13(9-10)22-4/h8-9,11H,6-7H2,1-5H3,(H,17,19)(H,18,20). The molecule has 134 valence electrons.